The average molecular weight is 420 g/mol. The minimum Gasteiger partial charge on any atom is -0.494 e. The van der Waals surface area contributed by atoms with Crippen molar-refractivity contribution in [2.75, 3.05) is 19.7 Å². The Balaban J connectivity index is 1.75. The number of hydrogen-bond acceptors (Lipinski definition) is 4. The number of hydrogen-bond donors (Lipinski definition) is 3. The van der Waals surface area contributed by atoms with Crippen molar-refractivity contribution in [3.8, 4) is 5.75 Å². The standard InChI is InChI=1S/C21H29N3O4S/c1-4-12-28-19-7-5-6-18(14-19)15-23-21(25)22-10-11-24-29(26,27)20-13-16(2)8-9-17(20)3/h5-9,13-14,24H,4,10-12,15H2,1-3H3,(H2,22,23,25). The van der Waals surface area contributed by atoms with Gasteiger partial charge in [0, 0.05) is 19.6 Å². The number of nitrogens with one attached hydrogen (secondary N) is 3. The predicted octanol–water partition coefficient (Wildman–Crippen LogP) is 2.87. The first-order valence-electron chi connectivity index (χ1n) is 9.62. The molecule has 7 nitrogen and oxygen atoms in total. The number of carbonyl (C=O) groups excluding carboxylic acids is 1. The van der Waals surface area contributed by atoms with Gasteiger partial charge in [0.15, 0.2) is 0 Å². The molecule has 0 fully saturated rings. The van der Waals surface area contributed by atoms with Crippen molar-refractivity contribution in [3.63, 3.8) is 0 Å². The summed E-state index contributed by atoms with van der Waals surface area (Å²) >= 11 is 0. The third-order valence-corrected chi connectivity index (χ3v) is 5.76. The van der Waals surface area contributed by atoms with Crippen molar-refractivity contribution in [2.24, 2.45) is 0 Å². The zero-order chi connectivity index (χ0) is 21.3. The maximum Gasteiger partial charge on any atom is 0.315 e. The van der Waals surface area contributed by atoms with Gasteiger partial charge in [-0.2, -0.15) is 0 Å². The maximum absolute atomic E-state index is 12.4. The molecule has 2 rings (SSSR count). The van der Waals surface area contributed by atoms with E-state index in [1.54, 1.807) is 19.1 Å². The number of urea groups is 1. The van der Waals surface area contributed by atoms with Crippen LogP contribution in [0, 0.1) is 13.8 Å². The fourth-order valence-corrected chi connectivity index (χ4v) is 4.01. The number of sulfonamides is 1. The molecule has 0 unspecified atom stereocenters. The maximum atomic E-state index is 12.4. The fourth-order valence-electron chi connectivity index (χ4n) is 2.65. The molecule has 29 heavy (non-hydrogen) atoms. The lowest BCUT2D eigenvalue weighted by Crippen LogP contribution is -2.40. The number of amides is 2. The van der Waals surface area contributed by atoms with Crippen LogP contribution in [0.15, 0.2) is 47.4 Å². The van der Waals surface area contributed by atoms with Crippen LogP contribution in [-0.2, 0) is 16.6 Å². The zero-order valence-electron chi connectivity index (χ0n) is 17.1. The molecule has 8 heteroatoms. The molecular formula is C21H29N3O4S. The van der Waals surface area contributed by atoms with Crippen molar-refractivity contribution in [3.05, 3.63) is 59.2 Å². The zero-order valence-corrected chi connectivity index (χ0v) is 17.9. The van der Waals surface area contributed by atoms with Crippen LogP contribution in [0.2, 0.25) is 0 Å². The van der Waals surface area contributed by atoms with Gasteiger partial charge in [0.25, 0.3) is 0 Å². The van der Waals surface area contributed by atoms with Gasteiger partial charge in [-0.25, -0.2) is 17.9 Å². The molecule has 0 aromatic heterocycles. The second kappa shape index (κ2) is 10.8. The summed E-state index contributed by atoms with van der Waals surface area (Å²) in [5, 5.41) is 5.39. The number of rotatable bonds is 10. The largest absolute Gasteiger partial charge is 0.494 e. The van der Waals surface area contributed by atoms with E-state index in [-0.39, 0.29) is 24.0 Å². The highest BCUT2D eigenvalue weighted by atomic mass is 32.2. The third-order valence-electron chi connectivity index (χ3n) is 4.16. The molecular weight excluding hydrogens is 390 g/mol. The Bertz CT molecular complexity index is 929. The number of ether oxygens (including phenoxy) is 1. The Hall–Kier alpha value is -2.58. The number of carbonyl (C=O) groups is 1. The van der Waals surface area contributed by atoms with Gasteiger partial charge in [0.05, 0.1) is 11.5 Å². The molecule has 0 saturated carbocycles. The summed E-state index contributed by atoms with van der Waals surface area (Å²) in [5.74, 6) is 0.771. The summed E-state index contributed by atoms with van der Waals surface area (Å²) in [6, 6.07) is 12.4. The number of aryl methyl sites for hydroxylation is 2. The van der Waals surface area contributed by atoms with Gasteiger partial charge in [-0.3, -0.25) is 0 Å². The van der Waals surface area contributed by atoms with E-state index in [4.69, 9.17) is 4.74 Å². The second-order valence-electron chi connectivity index (χ2n) is 6.77. The van der Waals surface area contributed by atoms with Crippen LogP contribution in [0.4, 0.5) is 4.79 Å². The molecule has 2 aromatic carbocycles. The Kier molecular flexibility index (Phi) is 8.48. The van der Waals surface area contributed by atoms with Gasteiger partial charge in [-0.1, -0.05) is 31.2 Å². The van der Waals surface area contributed by atoms with Crippen LogP contribution in [0.5, 0.6) is 5.75 Å². The molecule has 0 saturated heterocycles. The molecule has 0 bridgehead atoms. The molecule has 158 valence electrons. The summed E-state index contributed by atoms with van der Waals surface area (Å²) in [6.07, 6.45) is 0.929. The van der Waals surface area contributed by atoms with Gasteiger partial charge in [-0.05, 0) is 55.2 Å². The molecule has 0 spiro atoms. The molecule has 2 amide bonds. The van der Waals surface area contributed by atoms with E-state index in [2.05, 4.69) is 15.4 Å². The summed E-state index contributed by atoms with van der Waals surface area (Å²) in [7, 11) is -3.61. The van der Waals surface area contributed by atoms with E-state index in [0.717, 1.165) is 23.3 Å². The lowest BCUT2D eigenvalue weighted by atomic mass is 10.2. The summed E-state index contributed by atoms with van der Waals surface area (Å²) in [5.41, 5.74) is 2.47. The summed E-state index contributed by atoms with van der Waals surface area (Å²) in [4.78, 5) is 12.2. The van der Waals surface area contributed by atoms with E-state index >= 15 is 0 Å². The van der Waals surface area contributed by atoms with Crippen molar-refractivity contribution >= 4 is 16.1 Å². The normalized spacial score (nSPS) is 11.1. The van der Waals surface area contributed by atoms with Crippen LogP contribution in [0.25, 0.3) is 0 Å². The minimum atomic E-state index is -3.61. The Morgan fingerprint density at radius 2 is 1.83 bits per heavy atom. The summed E-state index contributed by atoms with van der Waals surface area (Å²) in [6.45, 7) is 6.91. The first kappa shape index (κ1) is 22.7. The van der Waals surface area contributed by atoms with E-state index in [0.29, 0.717) is 18.7 Å². The van der Waals surface area contributed by atoms with E-state index < -0.39 is 10.0 Å². The van der Waals surface area contributed by atoms with Gasteiger partial charge >= 0.3 is 6.03 Å². The van der Waals surface area contributed by atoms with Crippen LogP contribution >= 0.6 is 0 Å². The molecule has 0 atom stereocenters. The van der Waals surface area contributed by atoms with Crippen LogP contribution in [0.3, 0.4) is 0 Å². The molecule has 0 heterocycles. The van der Waals surface area contributed by atoms with Crippen molar-refractivity contribution in [1.82, 2.24) is 15.4 Å². The van der Waals surface area contributed by atoms with E-state index in [9.17, 15) is 13.2 Å². The van der Waals surface area contributed by atoms with Crippen LogP contribution < -0.4 is 20.1 Å². The van der Waals surface area contributed by atoms with Gasteiger partial charge in [0.1, 0.15) is 5.75 Å². The van der Waals surface area contributed by atoms with Crippen molar-refractivity contribution < 1.29 is 17.9 Å². The molecule has 3 N–H and O–H groups in total. The average Bonchev–Trinajstić information content (AvgIpc) is 2.70. The lowest BCUT2D eigenvalue weighted by Gasteiger charge is -2.11. The predicted molar refractivity (Wildman–Crippen MR) is 114 cm³/mol. The molecule has 0 aliphatic heterocycles. The van der Waals surface area contributed by atoms with Gasteiger partial charge in [0.2, 0.25) is 10.0 Å². The first-order chi connectivity index (χ1) is 13.8. The summed E-state index contributed by atoms with van der Waals surface area (Å²) < 4.78 is 32.9. The Morgan fingerprint density at radius 3 is 2.59 bits per heavy atom. The molecule has 0 radical (unpaired) electrons. The lowest BCUT2D eigenvalue weighted by molar-refractivity contribution is 0.240. The van der Waals surface area contributed by atoms with E-state index in [1.165, 1.54) is 0 Å². The monoisotopic (exact) mass is 419 g/mol. The smallest absolute Gasteiger partial charge is 0.315 e. The first-order valence-corrected chi connectivity index (χ1v) is 11.1. The fraction of sp³-hybridized carbons (Fsp3) is 0.381. The quantitative estimate of drug-likeness (QED) is 0.516. The van der Waals surface area contributed by atoms with Crippen molar-refractivity contribution in [2.45, 2.75) is 38.6 Å². The molecule has 0 aliphatic rings. The highest BCUT2D eigenvalue weighted by Crippen LogP contribution is 2.16. The highest BCUT2D eigenvalue weighted by Gasteiger charge is 2.16. The molecule has 0 aliphatic carbocycles. The molecule has 2 aromatic rings. The Morgan fingerprint density at radius 1 is 1.03 bits per heavy atom. The van der Waals surface area contributed by atoms with Gasteiger partial charge < -0.3 is 15.4 Å². The van der Waals surface area contributed by atoms with E-state index in [1.807, 2.05) is 44.2 Å². The van der Waals surface area contributed by atoms with Crippen LogP contribution in [-0.4, -0.2) is 34.1 Å². The SMILES string of the molecule is CCCOc1cccc(CNC(=O)NCCNS(=O)(=O)c2cc(C)ccc2C)c1. The van der Waals surface area contributed by atoms with Gasteiger partial charge in [-0.15, -0.1) is 0 Å². The Labute approximate surface area is 172 Å². The second-order valence-corrected chi connectivity index (χ2v) is 8.51. The van der Waals surface area contributed by atoms with Crippen LogP contribution in [0.1, 0.15) is 30.0 Å². The highest BCUT2D eigenvalue weighted by molar-refractivity contribution is 7.89. The third kappa shape index (κ3) is 7.40. The van der Waals surface area contributed by atoms with Crippen molar-refractivity contribution in [1.29, 1.82) is 0 Å². The minimum absolute atomic E-state index is 0.101. The topological polar surface area (TPSA) is 96.5 Å². The number of benzene rings is 2.